The Hall–Kier alpha value is -3.33. The topological polar surface area (TPSA) is 77.3 Å². The van der Waals surface area contributed by atoms with Gasteiger partial charge in [-0.3, -0.25) is 0 Å². The summed E-state index contributed by atoms with van der Waals surface area (Å²) < 4.78 is 5.97. The number of nitrogens with zero attached hydrogens (tertiary/aromatic N) is 6. The zero-order valence-corrected chi connectivity index (χ0v) is 24.7. The van der Waals surface area contributed by atoms with E-state index in [2.05, 4.69) is 29.9 Å². The molecule has 0 aliphatic carbocycles. The third-order valence-electron chi connectivity index (χ3n) is 4.15. The van der Waals surface area contributed by atoms with Crippen LogP contribution in [0, 0.1) is 0 Å². The molecule has 0 atom stereocenters. The number of rotatable bonds is 6. The quantitative estimate of drug-likeness (QED) is 0.251. The zero-order chi connectivity index (χ0) is 26.8. The fourth-order valence-corrected chi connectivity index (χ4v) is 5.18. The van der Waals surface area contributed by atoms with Crippen molar-refractivity contribution in [2.24, 2.45) is 0 Å². The molecule has 40 heavy (non-hydrogen) atoms. The first-order chi connectivity index (χ1) is 19.3. The van der Waals surface area contributed by atoms with E-state index in [0.29, 0.717) is 0 Å². The van der Waals surface area contributed by atoms with Gasteiger partial charge in [0.15, 0.2) is 0 Å². The maximum absolute atomic E-state index is 4.21. The average molecular weight is 681 g/mol. The number of halogens is 1. The van der Waals surface area contributed by atoms with Crippen molar-refractivity contribution >= 4 is 40.4 Å². The second-order valence-corrected chi connectivity index (χ2v) is 10.7. The van der Waals surface area contributed by atoms with Crippen molar-refractivity contribution in [3.63, 3.8) is 0 Å². The summed E-state index contributed by atoms with van der Waals surface area (Å²) in [6, 6.07) is 35.2. The molecule has 0 saturated carbocycles. The third-order valence-corrected chi connectivity index (χ3v) is 7.42. The fraction of sp³-hybridized carbons (Fsp3) is 0. The monoisotopic (exact) mass is 678 g/mol. The van der Waals surface area contributed by atoms with Crippen LogP contribution in [0.3, 0.4) is 0 Å². The van der Waals surface area contributed by atoms with E-state index < -0.39 is 0 Å². The van der Waals surface area contributed by atoms with Crippen molar-refractivity contribution in [1.82, 2.24) is 29.9 Å². The Kier molecular flexibility index (Phi) is 14.7. The van der Waals surface area contributed by atoms with Crippen LogP contribution in [0.1, 0.15) is 0 Å². The summed E-state index contributed by atoms with van der Waals surface area (Å²) in [6.45, 7) is 0. The van der Waals surface area contributed by atoms with Crippen molar-refractivity contribution in [3.05, 3.63) is 146 Å². The van der Waals surface area contributed by atoms with Gasteiger partial charge < -0.3 is 0 Å². The van der Waals surface area contributed by atoms with Crippen LogP contribution in [0.5, 0.6) is 0 Å². The van der Waals surface area contributed by atoms with Crippen LogP contribution in [0.4, 0.5) is 0 Å². The van der Waals surface area contributed by atoms with Gasteiger partial charge in [0.25, 0.3) is 0 Å². The van der Waals surface area contributed by atoms with Crippen molar-refractivity contribution in [2.45, 2.75) is 0 Å². The second-order valence-electron chi connectivity index (χ2n) is 6.96. The molecule has 6 aromatic heterocycles. The Balaban J connectivity index is 0.000000163. The van der Waals surface area contributed by atoms with E-state index in [-0.39, 0.29) is 12.4 Å². The van der Waals surface area contributed by atoms with E-state index >= 15 is 0 Å². The molecule has 10 heteroatoms. The molecule has 0 aliphatic heterocycles. The van der Waals surface area contributed by atoms with Crippen molar-refractivity contribution in [3.8, 4) is 0 Å². The molecular weight excluding hydrogens is 656 g/mol. The molecule has 0 aromatic carbocycles. The SMILES string of the molecule is Cl.c1cc[c]([Ni][c]2ccccn2)nc1.c1cc[c]([Ni][c]2ccccn2)nc1.c1cc[c]([Ni][c]2ccccn2)nc1. The summed E-state index contributed by atoms with van der Waals surface area (Å²) in [7, 11) is 0. The summed E-state index contributed by atoms with van der Waals surface area (Å²) in [6.07, 6.45) is 10.7. The van der Waals surface area contributed by atoms with Gasteiger partial charge in [-0.2, -0.15) is 0 Å². The first-order valence-corrected chi connectivity index (χ1v) is 14.5. The number of aromatic nitrogens is 6. The second kappa shape index (κ2) is 18.9. The minimum absolute atomic E-state index is 0. The molecule has 0 spiro atoms. The molecule has 0 unspecified atom stereocenters. The van der Waals surface area contributed by atoms with Gasteiger partial charge >= 0.3 is 248 Å². The zero-order valence-electron chi connectivity index (χ0n) is 20.9. The number of hydrogen-bond acceptors (Lipinski definition) is 6. The predicted octanol–water partition coefficient (Wildman–Crippen LogP) is 1.95. The molecule has 0 aliphatic rings. The molecule has 0 amide bonds. The summed E-state index contributed by atoms with van der Waals surface area (Å²) in [4.78, 5) is 25.2. The van der Waals surface area contributed by atoms with Crippen LogP contribution >= 0.6 is 12.4 Å². The Morgan fingerprint density at radius 2 is 0.450 bits per heavy atom. The van der Waals surface area contributed by atoms with Crippen molar-refractivity contribution in [2.75, 3.05) is 0 Å². The molecule has 0 radical (unpaired) electrons. The molecule has 6 rings (SSSR count). The third kappa shape index (κ3) is 12.2. The standard InChI is InChI=1S/6C5H4N.ClH.3Ni/c6*1-2-4-6-5-3-1;;;;/h6*1-4H;1H;;;. The molecule has 212 valence electrons. The Labute approximate surface area is 258 Å². The van der Waals surface area contributed by atoms with Crippen LogP contribution in [0.2, 0.25) is 0 Å². The number of hydrogen-bond donors (Lipinski definition) is 0. The summed E-state index contributed by atoms with van der Waals surface area (Å²) >= 11 is 4.13. The first-order valence-electron chi connectivity index (χ1n) is 11.6. The Bertz CT molecular complexity index is 1160. The Morgan fingerprint density at radius 1 is 0.275 bits per heavy atom. The van der Waals surface area contributed by atoms with Crippen LogP contribution in [-0.4, -0.2) is 29.9 Å². The van der Waals surface area contributed by atoms with E-state index in [1.807, 2.05) is 109 Å². The van der Waals surface area contributed by atoms with E-state index in [4.69, 9.17) is 0 Å². The van der Waals surface area contributed by atoms with Gasteiger partial charge in [0.1, 0.15) is 0 Å². The van der Waals surface area contributed by atoms with Crippen LogP contribution in [-0.2, 0) is 43.3 Å². The average Bonchev–Trinajstić information content (AvgIpc) is 3.01. The summed E-state index contributed by atoms with van der Waals surface area (Å²) in [5, 5.41) is 0. The fourth-order valence-electron chi connectivity index (χ4n) is 2.52. The van der Waals surface area contributed by atoms with Crippen LogP contribution < -0.4 is 28.0 Å². The maximum atomic E-state index is 4.21. The molecule has 0 N–H and O–H groups in total. The van der Waals surface area contributed by atoms with Crippen LogP contribution in [0.25, 0.3) is 0 Å². The van der Waals surface area contributed by atoms with Gasteiger partial charge in [-0.25, -0.2) is 0 Å². The molecule has 6 heterocycles. The van der Waals surface area contributed by atoms with Gasteiger partial charge in [0.05, 0.1) is 0 Å². The van der Waals surface area contributed by atoms with Gasteiger partial charge in [-0.15, -0.1) is 12.4 Å². The van der Waals surface area contributed by atoms with E-state index in [0.717, 1.165) is 28.0 Å². The molecule has 6 nitrogen and oxygen atoms in total. The van der Waals surface area contributed by atoms with Gasteiger partial charge in [-0.05, 0) is 0 Å². The minimum atomic E-state index is 0. The van der Waals surface area contributed by atoms with Gasteiger partial charge in [-0.1, -0.05) is 0 Å². The van der Waals surface area contributed by atoms with Gasteiger partial charge in [0, 0.05) is 0 Å². The molecule has 0 bridgehead atoms. The first kappa shape index (κ1) is 31.2. The molecular formula is C30H25ClN6Ni3. The molecule has 0 saturated heterocycles. The van der Waals surface area contributed by atoms with E-state index in [9.17, 15) is 0 Å². The summed E-state index contributed by atoms with van der Waals surface area (Å²) in [5.74, 6) is 0. The normalized spacial score (nSPS) is 9.90. The summed E-state index contributed by atoms with van der Waals surface area (Å²) in [5.41, 5.74) is 0. The molecule has 6 aromatic rings. The van der Waals surface area contributed by atoms with E-state index in [1.165, 1.54) is 43.3 Å². The van der Waals surface area contributed by atoms with E-state index in [1.54, 1.807) is 37.2 Å². The van der Waals surface area contributed by atoms with Crippen molar-refractivity contribution in [1.29, 1.82) is 0 Å². The number of pyridine rings is 6. The van der Waals surface area contributed by atoms with Gasteiger partial charge in [0.2, 0.25) is 0 Å². The molecule has 0 fully saturated rings. The predicted molar refractivity (Wildman–Crippen MR) is 150 cm³/mol. The Morgan fingerprint density at radius 3 is 0.575 bits per heavy atom. The van der Waals surface area contributed by atoms with Crippen LogP contribution in [0.15, 0.2) is 146 Å². The van der Waals surface area contributed by atoms with Crippen molar-refractivity contribution < 1.29 is 43.3 Å².